The van der Waals surface area contributed by atoms with Gasteiger partial charge in [0.2, 0.25) is 0 Å². The topological polar surface area (TPSA) is 64.9 Å². The van der Waals surface area contributed by atoms with Crippen LogP contribution >= 0.6 is 0 Å². The van der Waals surface area contributed by atoms with Crippen LogP contribution < -0.4 is 11.5 Å². The van der Waals surface area contributed by atoms with Crippen molar-refractivity contribution >= 4 is 0 Å². The van der Waals surface area contributed by atoms with Gasteiger partial charge < -0.3 is 11.5 Å². The lowest BCUT2D eigenvalue weighted by Gasteiger charge is -2.20. The molecule has 0 aliphatic carbocycles. The minimum absolute atomic E-state index is 0.0477. The number of hydrogen-bond donors (Lipinski definition) is 2. The van der Waals surface area contributed by atoms with Gasteiger partial charge in [0.1, 0.15) is 0 Å². The summed E-state index contributed by atoms with van der Waals surface area (Å²) in [6, 6.07) is 3.95. The molecular formula is C11H19N3. The van der Waals surface area contributed by atoms with Crippen molar-refractivity contribution in [3.63, 3.8) is 0 Å². The van der Waals surface area contributed by atoms with E-state index in [1.165, 1.54) is 0 Å². The van der Waals surface area contributed by atoms with Crippen molar-refractivity contribution in [1.82, 2.24) is 4.98 Å². The number of rotatable bonds is 4. The molecule has 0 saturated carbocycles. The zero-order valence-corrected chi connectivity index (χ0v) is 8.90. The molecule has 14 heavy (non-hydrogen) atoms. The molecule has 1 aromatic rings. The van der Waals surface area contributed by atoms with Crippen LogP contribution in [0.25, 0.3) is 0 Å². The van der Waals surface area contributed by atoms with Gasteiger partial charge in [-0.05, 0) is 38.3 Å². The highest BCUT2D eigenvalue weighted by Crippen LogP contribution is 2.18. The molecule has 3 nitrogen and oxygen atoms in total. The summed E-state index contributed by atoms with van der Waals surface area (Å²) in [5.41, 5.74) is 12.8. The molecule has 4 N–H and O–H groups in total. The molecule has 0 bridgehead atoms. The maximum atomic E-state index is 6.01. The van der Waals surface area contributed by atoms with E-state index in [1.54, 1.807) is 6.20 Å². The lowest BCUT2D eigenvalue weighted by Crippen LogP contribution is -2.32. The van der Waals surface area contributed by atoms with Gasteiger partial charge >= 0.3 is 0 Å². The Hall–Kier alpha value is -0.930. The van der Waals surface area contributed by atoms with Crippen LogP contribution in [0, 0.1) is 0 Å². The Bertz CT molecular complexity index is 264. The molecule has 1 atom stereocenters. The Labute approximate surface area is 85.5 Å². The van der Waals surface area contributed by atoms with Gasteiger partial charge in [0.05, 0.1) is 0 Å². The van der Waals surface area contributed by atoms with Crippen molar-refractivity contribution in [1.29, 1.82) is 0 Å². The normalized spacial score (nSPS) is 14.0. The van der Waals surface area contributed by atoms with Crippen molar-refractivity contribution in [2.45, 2.75) is 38.3 Å². The van der Waals surface area contributed by atoms with Gasteiger partial charge in [-0.25, -0.2) is 0 Å². The van der Waals surface area contributed by atoms with Crippen LogP contribution in [0.4, 0.5) is 0 Å². The van der Waals surface area contributed by atoms with E-state index in [4.69, 9.17) is 11.5 Å². The second kappa shape index (κ2) is 4.53. The van der Waals surface area contributed by atoms with Crippen LogP contribution in [-0.4, -0.2) is 10.5 Å². The summed E-state index contributed by atoms with van der Waals surface area (Å²) in [6.07, 6.45) is 5.38. The van der Waals surface area contributed by atoms with E-state index < -0.39 is 0 Å². The molecule has 1 aromatic heterocycles. The number of pyridine rings is 1. The molecule has 0 spiro atoms. The van der Waals surface area contributed by atoms with Crippen LogP contribution in [0.2, 0.25) is 0 Å². The third kappa shape index (κ3) is 3.85. The van der Waals surface area contributed by atoms with Crippen LogP contribution in [0.1, 0.15) is 38.3 Å². The zero-order chi connectivity index (χ0) is 10.6. The first-order valence-corrected chi connectivity index (χ1v) is 4.93. The predicted octanol–water partition coefficient (Wildman–Crippen LogP) is 1.60. The third-order valence-electron chi connectivity index (χ3n) is 2.21. The summed E-state index contributed by atoms with van der Waals surface area (Å²) < 4.78 is 0. The zero-order valence-electron chi connectivity index (χ0n) is 8.90. The highest BCUT2D eigenvalue weighted by Gasteiger charge is 2.13. The van der Waals surface area contributed by atoms with E-state index >= 15 is 0 Å². The largest absolute Gasteiger partial charge is 0.326 e. The molecule has 1 heterocycles. The molecule has 1 unspecified atom stereocenters. The van der Waals surface area contributed by atoms with Gasteiger partial charge in [-0.2, -0.15) is 0 Å². The van der Waals surface area contributed by atoms with Gasteiger partial charge in [0, 0.05) is 24.0 Å². The van der Waals surface area contributed by atoms with Crippen molar-refractivity contribution in [2.24, 2.45) is 11.5 Å². The number of aromatic nitrogens is 1. The van der Waals surface area contributed by atoms with E-state index in [1.807, 2.05) is 32.2 Å². The number of nitrogens with two attached hydrogens (primary N) is 2. The van der Waals surface area contributed by atoms with Crippen molar-refractivity contribution in [2.75, 3.05) is 0 Å². The fourth-order valence-corrected chi connectivity index (χ4v) is 1.29. The fourth-order valence-electron chi connectivity index (χ4n) is 1.29. The first-order chi connectivity index (χ1) is 6.49. The molecule has 0 amide bonds. The van der Waals surface area contributed by atoms with Gasteiger partial charge in [0.25, 0.3) is 0 Å². The standard InChI is InChI=1S/C11H19N3/c1-11(2,13)6-5-10(12)9-4-3-7-14-8-9/h3-4,7-8,10H,5-6,12-13H2,1-2H3. The third-order valence-corrected chi connectivity index (χ3v) is 2.21. The van der Waals surface area contributed by atoms with Gasteiger partial charge in [-0.1, -0.05) is 6.07 Å². The molecule has 0 fully saturated rings. The maximum Gasteiger partial charge on any atom is 0.0315 e. The minimum atomic E-state index is -0.139. The molecular weight excluding hydrogens is 174 g/mol. The molecule has 1 rings (SSSR count). The first kappa shape index (κ1) is 11.1. The Kier molecular flexibility index (Phi) is 3.61. The Morgan fingerprint density at radius 3 is 2.71 bits per heavy atom. The monoisotopic (exact) mass is 193 g/mol. The number of nitrogens with zero attached hydrogens (tertiary/aromatic N) is 1. The Morgan fingerprint density at radius 1 is 1.50 bits per heavy atom. The summed E-state index contributed by atoms with van der Waals surface area (Å²) >= 11 is 0. The van der Waals surface area contributed by atoms with Crippen LogP contribution in [0.5, 0.6) is 0 Å². The SMILES string of the molecule is CC(C)(N)CCC(N)c1cccnc1. The first-order valence-electron chi connectivity index (χ1n) is 4.93. The molecule has 0 aromatic carbocycles. The van der Waals surface area contributed by atoms with Gasteiger partial charge in [-0.3, -0.25) is 4.98 Å². The lowest BCUT2D eigenvalue weighted by atomic mass is 9.95. The van der Waals surface area contributed by atoms with Crippen molar-refractivity contribution in [3.8, 4) is 0 Å². The molecule has 0 aliphatic rings. The highest BCUT2D eigenvalue weighted by atomic mass is 14.7. The molecule has 3 heteroatoms. The Balaban J connectivity index is 2.48. The summed E-state index contributed by atoms with van der Waals surface area (Å²) in [4.78, 5) is 4.04. The van der Waals surface area contributed by atoms with Crippen LogP contribution in [0.3, 0.4) is 0 Å². The second-order valence-electron chi connectivity index (χ2n) is 4.42. The number of hydrogen-bond acceptors (Lipinski definition) is 3. The molecule has 78 valence electrons. The fraction of sp³-hybridized carbons (Fsp3) is 0.545. The minimum Gasteiger partial charge on any atom is -0.326 e. The summed E-state index contributed by atoms with van der Waals surface area (Å²) in [5, 5.41) is 0. The highest BCUT2D eigenvalue weighted by molar-refractivity contribution is 5.13. The average molecular weight is 193 g/mol. The van der Waals surface area contributed by atoms with Crippen LogP contribution in [0.15, 0.2) is 24.5 Å². The van der Waals surface area contributed by atoms with E-state index in [0.29, 0.717) is 0 Å². The van der Waals surface area contributed by atoms with Crippen LogP contribution in [-0.2, 0) is 0 Å². The van der Waals surface area contributed by atoms with E-state index in [0.717, 1.165) is 18.4 Å². The van der Waals surface area contributed by atoms with E-state index in [-0.39, 0.29) is 11.6 Å². The molecule has 0 saturated heterocycles. The van der Waals surface area contributed by atoms with E-state index in [2.05, 4.69) is 4.98 Å². The molecule has 0 aliphatic heterocycles. The quantitative estimate of drug-likeness (QED) is 0.763. The summed E-state index contributed by atoms with van der Waals surface area (Å²) in [5.74, 6) is 0. The van der Waals surface area contributed by atoms with Gasteiger partial charge in [-0.15, -0.1) is 0 Å². The Morgan fingerprint density at radius 2 is 2.21 bits per heavy atom. The van der Waals surface area contributed by atoms with E-state index in [9.17, 15) is 0 Å². The maximum absolute atomic E-state index is 6.01. The van der Waals surface area contributed by atoms with Gasteiger partial charge in [0.15, 0.2) is 0 Å². The smallest absolute Gasteiger partial charge is 0.0315 e. The second-order valence-corrected chi connectivity index (χ2v) is 4.42. The molecule has 0 radical (unpaired) electrons. The average Bonchev–Trinajstić information content (AvgIpc) is 2.14. The predicted molar refractivity (Wildman–Crippen MR) is 58.7 cm³/mol. The summed E-state index contributed by atoms with van der Waals surface area (Å²) in [6.45, 7) is 4.03. The lowest BCUT2D eigenvalue weighted by molar-refractivity contribution is 0.433. The summed E-state index contributed by atoms with van der Waals surface area (Å²) in [7, 11) is 0. The van der Waals surface area contributed by atoms with Crippen molar-refractivity contribution < 1.29 is 0 Å². The van der Waals surface area contributed by atoms with Crippen molar-refractivity contribution in [3.05, 3.63) is 30.1 Å².